The average Bonchev–Trinajstić information content (AvgIpc) is 3.18. The van der Waals surface area contributed by atoms with Gasteiger partial charge in [0.1, 0.15) is 0 Å². The number of aromatic amines is 1. The number of benzene rings is 1. The predicted octanol–water partition coefficient (Wildman–Crippen LogP) is 2.54. The Labute approximate surface area is 167 Å². The average molecular weight is 394 g/mol. The Bertz CT molecular complexity index is 1010. The van der Waals surface area contributed by atoms with Crippen LogP contribution in [0.1, 0.15) is 35.3 Å². The molecule has 7 heteroatoms. The first-order chi connectivity index (χ1) is 14.0. The van der Waals surface area contributed by atoms with Crippen LogP contribution >= 0.6 is 0 Å². The number of nitrogens with one attached hydrogen (secondary N) is 1. The molecule has 0 spiro atoms. The van der Waals surface area contributed by atoms with E-state index in [0.29, 0.717) is 18.4 Å². The van der Waals surface area contributed by atoms with E-state index in [9.17, 15) is 19.2 Å². The van der Waals surface area contributed by atoms with Gasteiger partial charge in [0, 0.05) is 28.7 Å². The molecule has 1 aromatic carbocycles. The summed E-state index contributed by atoms with van der Waals surface area (Å²) < 4.78 is 5.12. The van der Waals surface area contributed by atoms with E-state index in [1.54, 1.807) is 6.92 Å². The van der Waals surface area contributed by atoms with Crippen molar-refractivity contribution < 1.29 is 23.9 Å². The second-order valence-corrected chi connectivity index (χ2v) is 7.49. The maximum absolute atomic E-state index is 12.6. The molecule has 0 saturated carbocycles. The number of carbonyl (C=O) groups excluding carboxylic acids is 4. The number of ether oxygens (including phenoxy) is 1. The molecule has 1 aromatic heterocycles. The molecular weight excluding hydrogens is 372 g/mol. The number of amides is 2. The summed E-state index contributed by atoms with van der Waals surface area (Å²) in [6.45, 7) is 1.41. The van der Waals surface area contributed by atoms with Crippen LogP contribution in [0.4, 0.5) is 0 Å². The van der Waals surface area contributed by atoms with Crippen LogP contribution in [0.3, 0.4) is 0 Å². The van der Waals surface area contributed by atoms with E-state index in [-0.39, 0.29) is 49.0 Å². The number of likely N-dealkylation sites (tertiary alicyclic amines) is 1. The van der Waals surface area contributed by atoms with Crippen LogP contribution in [-0.2, 0) is 19.1 Å². The summed E-state index contributed by atoms with van der Waals surface area (Å²) in [6.07, 6.45) is 4.85. The first kappa shape index (κ1) is 19.1. The van der Waals surface area contributed by atoms with Crippen LogP contribution < -0.4 is 0 Å². The summed E-state index contributed by atoms with van der Waals surface area (Å²) in [6, 6.07) is 7.43. The smallest absolute Gasteiger partial charge is 0.308 e. The fourth-order valence-corrected chi connectivity index (χ4v) is 4.22. The molecule has 2 aliphatic rings. The number of nitrogens with zero attached hydrogens (tertiary/aromatic N) is 1. The Hall–Kier alpha value is -3.22. The minimum absolute atomic E-state index is 0.0101. The molecular formula is C22H22N2O5. The molecule has 0 bridgehead atoms. The highest BCUT2D eigenvalue weighted by Crippen LogP contribution is 2.35. The molecule has 2 amide bonds. The van der Waals surface area contributed by atoms with Gasteiger partial charge >= 0.3 is 5.97 Å². The third-order valence-corrected chi connectivity index (χ3v) is 5.68. The van der Waals surface area contributed by atoms with Crippen molar-refractivity contribution in [3.8, 4) is 0 Å². The maximum atomic E-state index is 12.6. The van der Waals surface area contributed by atoms with Crippen molar-refractivity contribution in [3.63, 3.8) is 0 Å². The lowest BCUT2D eigenvalue weighted by molar-refractivity contribution is -0.145. The Morgan fingerprint density at radius 2 is 1.76 bits per heavy atom. The van der Waals surface area contributed by atoms with Gasteiger partial charge in [-0.2, -0.15) is 0 Å². The number of allylic oxidation sites excluding steroid dienone is 2. The zero-order chi connectivity index (χ0) is 20.5. The summed E-state index contributed by atoms with van der Waals surface area (Å²) in [5.74, 6) is -1.96. The molecule has 2 aromatic rings. The number of H-pyrrole nitrogens is 1. The van der Waals surface area contributed by atoms with E-state index in [1.807, 2.05) is 36.4 Å². The van der Waals surface area contributed by atoms with Crippen molar-refractivity contribution >= 4 is 34.5 Å². The van der Waals surface area contributed by atoms with Crippen LogP contribution in [0.15, 0.2) is 36.4 Å². The maximum Gasteiger partial charge on any atom is 0.308 e. The van der Waals surface area contributed by atoms with Gasteiger partial charge in [-0.3, -0.25) is 24.1 Å². The first-order valence-corrected chi connectivity index (χ1v) is 9.73. The van der Waals surface area contributed by atoms with Crippen molar-refractivity contribution in [2.24, 2.45) is 11.8 Å². The largest absolute Gasteiger partial charge is 0.457 e. The number of rotatable bonds is 6. The van der Waals surface area contributed by atoms with Crippen molar-refractivity contribution in [3.05, 3.63) is 47.7 Å². The van der Waals surface area contributed by atoms with Gasteiger partial charge in [-0.15, -0.1) is 0 Å². The number of esters is 1. The van der Waals surface area contributed by atoms with Crippen molar-refractivity contribution in [2.75, 3.05) is 13.2 Å². The highest BCUT2D eigenvalue weighted by molar-refractivity contribution is 6.10. The second-order valence-electron chi connectivity index (χ2n) is 7.49. The van der Waals surface area contributed by atoms with Crippen molar-refractivity contribution in [2.45, 2.75) is 26.2 Å². The van der Waals surface area contributed by atoms with E-state index < -0.39 is 5.97 Å². The zero-order valence-electron chi connectivity index (χ0n) is 16.1. The van der Waals surface area contributed by atoms with Crippen LogP contribution in [0.2, 0.25) is 0 Å². The quantitative estimate of drug-likeness (QED) is 0.352. The molecule has 1 saturated heterocycles. The summed E-state index contributed by atoms with van der Waals surface area (Å²) in [7, 11) is 0. The number of ketones is 1. The zero-order valence-corrected chi connectivity index (χ0v) is 16.1. The van der Waals surface area contributed by atoms with E-state index in [2.05, 4.69) is 4.98 Å². The minimum Gasteiger partial charge on any atom is -0.457 e. The van der Waals surface area contributed by atoms with Gasteiger partial charge in [-0.1, -0.05) is 30.4 Å². The minimum atomic E-state index is -0.607. The summed E-state index contributed by atoms with van der Waals surface area (Å²) in [4.78, 5) is 53.8. The predicted molar refractivity (Wildman–Crippen MR) is 105 cm³/mol. The lowest BCUT2D eigenvalue weighted by Crippen LogP contribution is -2.33. The van der Waals surface area contributed by atoms with Gasteiger partial charge in [0.15, 0.2) is 6.61 Å². The van der Waals surface area contributed by atoms with Gasteiger partial charge < -0.3 is 9.72 Å². The standard InChI is InChI=1S/C22H22N2O5/c1-13-20(16-8-4-5-9-17(16)23-13)18(25)12-29-19(26)10-11-24-21(27)14-6-2-3-7-15(14)22(24)28/h2-5,8-9,14-15,23H,6-7,10-12H2,1H3/t14-,15-/m0/s1. The molecule has 1 fully saturated rings. The monoisotopic (exact) mass is 394 g/mol. The van der Waals surface area contributed by atoms with Gasteiger partial charge in [-0.25, -0.2) is 0 Å². The summed E-state index contributed by atoms with van der Waals surface area (Å²) in [5, 5.41) is 0.788. The third-order valence-electron chi connectivity index (χ3n) is 5.68. The van der Waals surface area contributed by atoms with Gasteiger partial charge in [-0.05, 0) is 25.8 Å². The van der Waals surface area contributed by atoms with Gasteiger partial charge in [0.05, 0.1) is 18.3 Å². The topological polar surface area (TPSA) is 96.5 Å². The Morgan fingerprint density at radius 1 is 1.10 bits per heavy atom. The third kappa shape index (κ3) is 3.48. The van der Waals surface area contributed by atoms with Crippen LogP contribution in [0.25, 0.3) is 10.9 Å². The molecule has 1 aliphatic carbocycles. The fourth-order valence-electron chi connectivity index (χ4n) is 4.22. The van der Waals surface area contributed by atoms with E-state index >= 15 is 0 Å². The highest BCUT2D eigenvalue weighted by atomic mass is 16.5. The number of aromatic nitrogens is 1. The van der Waals surface area contributed by atoms with Crippen LogP contribution in [0, 0.1) is 18.8 Å². The number of fused-ring (bicyclic) bond motifs is 2. The number of imide groups is 1. The molecule has 29 heavy (non-hydrogen) atoms. The Morgan fingerprint density at radius 3 is 2.45 bits per heavy atom. The molecule has 0 radical (unpaired) electrons. The SMILES string of the molecule is Cc1[nH]c2ccccc2c1C(=O)COC(=O)CCN1C(=O)[C@H]2CC=CC[C@@H]2C1=O. The van der Waals surface area contributed by atoms with Gasteiger partial charge in [0.25, 0.3) is 0 Å². The molecule has 2 heterocycles. The summed E-state index contributed by atoms with van der Waals surface area (Å²) in [5.41, 5.74) is 2.08. The van der Waals surface area contributed by atoms with Gasteiger partial charge in [0.2, 0.25) is 17.6 Å². The Balaban J connectivity index is 1.32. The van der Waals surface area contributed by atoms with Crippen molar-refractivity contribution in [1.29, 1.82) is 0 Å². The summed E-state index contributed by atoms with van der Waals surface area (Å²) >= 11 is 0. The molecule has 1 aliphatic heterocycles. The molecule has 0 unspecified atom stereocenters. The molecule has 2 atom stereocenters. The molecule has 7 nitrogen and oxygen atoms in total. The number of Topliss-reactive ketones (excluding diaryl/α,β-unsaturated/α-hetero) is 1. The van der Waals surface area contributed by atoms with E-state index in [1.165, 1.54) is 0 Å². The highest BCUT2D eigenvalue weighted by Gasteiger charge is 2.46. The number of carbonyl (C=O) groups is 4. The van der Waals surface area contributed by atoms with Crippen LogP contribution in [0.5, 0.6) is 0 Å². The lowest BCUT2D eigenvalue weighted by Gasteiger charge is -2.14. The van der Waals surface area contributed by atoms with Crippen LogP contribution in [-0.4, -0.2) is 46.6 Å². The van der Waals surface area contributed by atoms with E-state index in [0.717, 1.165) is 21.5 Å². The first-order valence-electron chi connectivity index (χ1n) is 9.73. The second kappa shape index (κ2) is 7.66. The fraction of sp³-hybridized carbons (Fsp3) is 0.364. The van der Waals surface area contributed by atoms with Crippen molar-refractivity contribution in [1.82, 2.24) is 9.88 Å². The number of hydrogen-bond donors (Lipinski definition) is 1. The van der Waals surface area contributed by atoms with E-state index in [4.69, 9.17) is 4.74 Å². The normalized spacial score (nSPS) is 20.9. The molecule has 150 valence electrons. The number of hydrogen-bond acceptors (Lipinski definition) is 5. The number of aryl methyl sites for hydroxylation is 1. The molecule has 1 N–H and O–H groups in total. The number of para-hydroxylation sites is 1. The lowest BCUT2D eigenvalue weighted by atomic mass is 9.85. The molecule has 4 rings (SSSR count). The Kier molecular flexibility index (Phi) is 5.05.